The highest BCUT2D eigenvalue weighted by molar-refractivity contribution is 5.67. The standard InChI is InChI=1S/C12H12FN3/c1-8-10(14)6-9(13)7-11(8)16-12-4-2-3-5-15-12/h2-7H,14H2,1H3,(H,15,16). The maximum Gasteiger partial charge on any atom is 0.130 e. The quantitative estimate of drug-likeness (QED) is 0.760. The summed E-state index contributed by atoms with van der Waals surface area (Å²) in [7, 11) is 0. The minimum absolute atomic E-state index is 0.360. The molecule has 0 spiro atoms. The highest BCUT2D eigenvalue weighted by Crippen LogP contribution is 2.25. The molecule has 1 heterocycles. The van der Waals surface area contributed by atoms with E-state index in [1.165, 1.54) is 12.1 Å². The molecule has 0 unspecified atom stereocenters. The Balaban J connectivity index is 2.35. The highest BCUT2D eigenvalue weighted by atomic mass is 19.1. The first-order valence-corrected chi connectivity index (χ1v) is 4.90. The molecule has 1 aromatic carbocycles. The van der Waals surface area contributed by atoms with Crippen LogP contribution in [0.25, 0.3) is 0 Å². The molecule has 0 fully saturated rings. The van der Waals surface area contributed by atoms with Crippen molar-refractivity contribution in [1.82, 2.24) is 4.98 Å². The van der Waals surface area contributed by atoms with Crippen molar-refractivity contribution in [3.8, 4) is 0 Å². The average Bonchev–Trinajstić information content (AvgIpc) is 2.27. The molecule has 0 radical (unpaired) electrons. The molecule has 3 N–H and O–H groups in total. The van der Waals surface area contributed by atoms with Gasteiger partial charge < -0.3 is 11.1 Å². The van der Waals surface area contributed by atoms with Crippen LogP contribution in [0.3, 0.4) is 0 Å². The molecular formula is C12H12FN3. The first kappa shape index (κ1) is 10.4. The van der Waals surface area contributed by atoms with Gasteiger partial charge >= 0.3 is 0 Å². The third-order valence-corrected chi connectivity index (χ3v) is 2.34. The largest absolute Gasteiger partial charge is 0.398 e. The number of nitrogens with two attached hydrogens (primary N) is 1. The summed E-state index contributed by atoms with van der Waals surface area (Å²) in [4.78, 5) is 4.10. The third kappa shape index (κ3) is 2.11. The fourth-order valence-electron chi connectivity index (χ4n) is 1.40. The van der Waals surface area contributed by atoms with E-state index in [4.69, 9.17) is 5.73 Å². The van der Waals surface area contributed by atoms with Crippen LogP contribution >= 0.6 is 0 Å². The number of hydrogen-bond donors (Lipinski definition) is 2. The lowest BCUT2D eigenvalue weighted by Gasteiger charge is -2.10. The van der Waals surface area contributed by atoms with Crippen molar-refractivity contribution in [2.45, 2.75) is 6.92 Å². The fraction of sp³-hybridized carbons (Fsp3) is 0.0833. The van der Waals surface area contributed by atoms with Gasteiger partial charge in [-0.25, -0.2) is 9.37 Å². The molecule has 0 saturated heterocycles. The summed E-state index contributed by atoms with van der Waals surface area (Å²) in [5.41, 5.74) is 7.55. The topological polar surface area (TPSA) is 50.9 Å². The summed E-state index contributed by atoms with van der Waals surface area (Å²) < 4.78 is 13.2. The highest BCUT2D eigenvalue weighted by Gasteiger charge is 2.05. The zero-order chi connectivity index (χ0) is 11.5. The molecule has 0 aliphatic carbocycles. The van der Waals surface area contributed by atoms with E-state index >= 15 is 0 Å². The summed E-state index contributed by atoms with van der Waals surface area (Å²) >= 11 is 0. The zero-order valence-electron chi connectivity index (χ0n) is 8.87. The first-order chi connectivity index (χ1) is 7.66. The van der Waals surface area contributed by atoms with Gasteiger partial charge in [0.2, 0.25) is 0 Å². The number of nitrogens with zero attached hydrogens (tertiary/aromatic N) is 1. The van der Waals surface area contributed by atoms with Gasteiger partial charge in [0.1, 0.15) is 11.6 Å². The SMILES string of the molecule is Cc1c(N)cc(F)cc1Nc1ccccn1. The van der Waals surface area contributed by atoms with Crippen LogP contribution in [-0.4, -0.2) is 4.98 Å². The van der Waals surface area contributed by atoms with Crippen LogP contribution in [0.5, 0.6) is 0 Å². The van der Waals surface area contributed by atoms with Gasteiger partial charge in [0.25, 0.3) is 0 Å². The molecule has 0 amide bonds. The number of anilines is 3. The van der Waals surface area contributed by atoms with Crippen molar-refractivity contribution in [2.24, 2.45) is 0 Å². The third-order valence-electron chi connectivity index (χ3n) is 2.34. The predicted molar refractivity (Wildman–Crippen MR) is 63.1 cm³/mol. The number of nitrogens with one attached hydrogen (secondary N) is 1. The molecular weight excluding hydrogens is 205 g/mol. The Bertz CT molecular complexity index is 497. The van der Waals surface area contributed by atoms with Crippen LogP contribution < -0.4 is 11.1 Å². The normalized spacial score (nSPS) is 10.1. The Morgan fingerprint density at radius 3 is 2.81 bits per heavy atom. The lowest BCUT2D eigenvalue weighted by molar-refractivity contribution is 0.628. The maximum absolute atomic E-state index is 13.2. The van der Waals surface area contributed by atoms with Crippen molar-refractivity contribution in [1.29, 1.82) is 0 Å². The lowest BCUT2D eigenvalue weighted by Crippen LogP contribution is -1.99. The molecule has 0 aliphatic heterocycles. The number of aromatic nitrogens is 1. The van der Waals surface area contributed by atoms with E-state index in [-0.39, 0.29) is 5.82 Å². The van der Waals surface area contributed by atoms with Crippen molar-refractivity contribution in [3.63, 3.8) is 0 Å². The number of hydrogen-bond acceptors (Lipinski definition) is 3. The summed E-state index contributed by atoms with van der Waals surface area (Å²) in [6.45, 7) is 1.83. The van der Waals surface area contributed by atoms with Crippen LogP contribution in [0.15, 0.2) is 36.5 Å². The molecule has 0 saturated carbocycles. The van der Waals surface area contributed by atoms with Gasteiger partial charge in [0.05, 0.1) is 0 Å². The summed E-state index contributed by atoms with van der Waals surface area (Å²) in [5.74, 6) is 0.303. The van der Waals surface area contributed by atoms with Gasteiger partial charge in [-0.2, -0.15) is 0 Å². The van der Waals surface area contributed by atoms with E-state index in [0.29, 0.717) is 17.2 Å². The Hall–Kier alpha value is -2.10. The molecule has 2 aromatic rings. The predicted octanol–water partition coefficient (Wildman–Crippen LogP) is 2.85. The monoisotopic (exact) mass is 217 g/mol. The lowest BCUT2D eigenvalue weighted by atomic mass is 10.1. The number of rotatable bonds is 2. The number of nitrogen functional groups attached to an aromatic ring is 1. The molecule has 1 aromatic heterocycles. The van der Waals surface area contributed by atoms with Crippen molar-refractivity contribution >= 4 is 17.2 Å². The van der Waals surface area contributed by atoms with E-state index in [0.717, 1.165) is 5.56 Å². The van der Waals surface area contributed by atoms with Crippen LogP contribution in [0, 0.1) is 12.7 Å². The molecule has 82 valence electrons. The van der Waals surface area contributed by atoms with E-state index < -0.39 is 0 Å². The van der Waals surface area contributed by atoms with Gasteiger partial charge in [0.15, 0.2) is 0 Å². The van der Waals surface area contributed by atoms with Crippen molar-refractivity contribution in [3.05, 3.63) is 47.9 Å². The Morgan fingerprint density at radius 2 is 2.12 bits per heavy atom. The van der Waals surface area contributed by atoms with E-state index in [1.807, 2.05) is 19.1 Å². The van der Waals surface area contributed by atoms with E-state index in [9.17, 15) is 4.39 Å². The smallest absolute Gasteiger partial charge is 0.130 e. The molecule has 16 heavy (non-hydrogen) atoms. The fourth-order valence-corrected chi connectivity index (χ4v) is 1.40. The number of benzene rings is 1. The van der Waals surface area contributed by atoms with Gasteiger partial charge in [0, 0.05) is 17.6 Å². The Morgan fingerprint density at radius 1 is 1.31 bits per heavy atom. The second-order valence-corrected chi connectivity index (χ2v) is 3.51. The number of pyridine rings is 1. The molecule has 4 heteroatoms. The molecule has 0 atom stereocenters. The van der Waals surface area contributed by atoms with Crippen molar-refractivity contribution < 1.29 is 4.39 Å². The molecule has 0 bridgehead atoms. The van der Waals surface area contributed by atoms with E-state index in [2.05, 4.69) is 10.3 Å². The second-order valence-electron chi connectivity index (χ2n) is 3.51. The second kappa shape index (κ2) is 4.18. The van der Waals surface area contributed by atoms with Crippen LogP contribution in [0.1, 0.15) is 5.56 Å². The minimum atomic E-state index is -0.360. The Kier molecular flexibility index (Phi) is 2.72. The Labute approximate surface area is 93.1 Å². The summed E-state index contributed by atoms with van der Waals surface area (Å²) in [6, 6.07) is 8.19. The molecule has 0 aliphatic rings. The van der Waals surface area contributed by atoms with Crippen LogP contribution in [0.4, 0.5) is 21.6 Å². The summed E-state index contributed by atoms with van der Waals surface area (Å²) in [5, 5.41) is 3.02. The van der Waals surface area contributed by atoms with Gasteiger partial charge in [-0.15, -0.1) is 0 Å². The molecule has 3 nitrogen and oxygen atoms in total. The maximum atomic E-state index is 13.2. The zero-order valence-corrected chi connectivity index (χ0v) is 8.87. The first-order valence-electron chi connectivity index (χ1n) is 4.90. The van der Waals surface area contributed by atoms with Crippen LogP contribution in [0.2, 0.25) is 0 Å². The van der Waals surface area contributed by atoms with Gasteiger partial charge in [-0.3, -0.25) is 0 Å². The number of halogens is 1. The van der Waals surface area contributed by atoms with Gasteiger partial charge in [-0.1, -0.05) is 6.07 Å². The minimum Gasteiger partial charge on any atom is -0.398 e. The van der Waals surface area contributed by atoms with Crippen LogP contribution in [-0.2, 0) is 0 Å². The summed E-state index contributed by atoms with van der Waals surface area (Å²) in [6.07, 6.45) is 1.67. The average molecular weight is 217 g/mol. The van der Waals surface area contributed by atoms with Crippen molar-refractivity contribution in [2.75, 3.05) is 11.1 Å². The van der Waals surface area contributed by atoms with E-state index in [1.54, 1.807) is 12.3 Å². The molecule has 2 rings (SSSR count). The van der Waals surface area contributed by atoms with Gasteiger partial charge in [-0.05, 0) is 36.8 Å².